The zero-order chi connectivity index (χ0) is 30.6. The maximum Gasteiger partial charge on any atom is 0.345 e. The highest BCUT2D eigenvalue weighted by Crippen LogP contribution is 2.67. The first kappa shape index (κ1) is 29.8. The van der Waals surface area contributed by atoms with Gasteiger partial charge in [0.15, 0.2) is 0 Å². The lowest BCUT2D eigenvalue weighted by Gasteiger charge is -2.66. The summed E-state index contributed by atoms with van der Waals surface area (Å²) >= 11 is 0. The molecule has 2 fully saturated rings. The zero-order valence-corrected chi connectivity index (χ0v) is 24.8. The van der Waals surface area contributed by atoms with Crippen LogP contribution in [0.15, 0.2) is 45.6 Å². The monoisotopic (exact) mass is 582 g/mol. The van der Waals surface area contributed by atoms with E-state index in [2.05, 4.69) is 0 Å². The maximum atomic E-state index is 13.4. The summed E-state index contributed by atoms with van der Waals surface area (Å²) in [6.45, 7) is 9.61. The van der Waals surface area contributed by atoms with Gasteiger partial charge in [-0.3, -0.25) is 14.4 Å². The van der Waals surface area contributed by atoms with E-state index in [4.69, 9.17) is 23.4 Å². The number of fused-ring (bicyclic) bond motifs is 4. The molecule has 1 aromatic carbocycles. The zero-order valence-electron chi connectivity index (χ0n) is 24.8. The van der Waals surface area contributed by atoms with Gasteiger partial charge in [0.05, 0.1) is 6.10 Å². The Morgan fingerprint density at radius 1 is 0.976 bits per heavy atom. The minimum absolute atomic E-state index is 0.00408. The van der Waals surface area contributed by atoms with E-state index in [0.29, 0.717) is 18.4 Å². The molecule has 3 aliphatic rings. The second-order valence-electron chi connectivity index (χ2n) is 12.6. The predicted molar refractivity (Wildman–Crippen MR) is 149 cm³/mol. The van der Waals surface area contributed by atoms with Gasteiger partial charge in [0.1, 0.15) is 41.5 Å². The minimum Gasteiger partial charge on any atom is -0.482 e. The molecule has 2 aromatic rings. The molecule has 0 bridgehead atoms. The van der Waals surface area contributed by atoms with Gasteiger partial charge in [-0.15, -0.1) is 0 Å². The largest absolute Gasteiger partial charge is 0.482 e. The third kappa shape index (κ3) is 4.79. The first-order valence-corrected chi connectivity index (χ1v) is 14.3. The molecular formula is C32H38O10. The lowest BCUT2D eigenvalue weighted by molar-refractivity contribution is -0.270. The van der Waals surface area contributed by atoms with Crippen LogP contribution in [0.3, 0.4) is 0 Å². The number of aliphatic hydroxyl groups is 1. The molecule has 2 heterocycles. The first-order chi connectivity index (χ1) is 19.7. The first-order valence-electron chi connectivity index (χ1n) is 14.3. The highest BCUT2D eigenvalue weighted by Gasteiger charge is 2.70. The molecule has 10 nitrogen and oxygen atoms in total. The molecular weight excluding hydrogens is 544 g/mol. The van der Waals surface area contributed by atoms with Crippen molar-refractivity contribution in [3.63, 3.8) is 0 Å². The van der Waals surface area contributed by atoms with Crippen molar-refractivity contribution in [1.29, 1.82) is 0 Å². The molecule has 226 valence electrons. The molecule has 2 saturated carbocycles. The Morgan fingerprint density at radius 3 is 2.24 bits per heavy atom. The Hall–Kier alpha value is -3.66. The summed E-state index contributed by atoms with van der Waals surface area (Å²) in [6, 6.07) is 10.7. The SMILES string of the molecule is CC(=O)OCC1(C)C(OC(C)=O)CCC2(C)C1CC(OC(C)=O)C1(C)Oc3cc(-c4ccccc4)oc(=O)c3C(O)C21. The van der Waals surface area contributed by atoms with E-state index in [1.54, 1.807) is 25.1 Å². The Bertz CT molecular complexity index is 1450. The fraction of sp³-hybridized carbons (Fsp3) is 0.562. The van der Waals surface area contributed by atoms with Crippen LogP contribution in [0.25, 0.3) is 11.3 Å². The summed E-state index contributed by atoms with van der Waals surface area (Å²) in [5, 5.41) is 12.1. The fourth-order valence-corrected chi connectivity index (χ4v) is 8.13. The van der Waals surface area contributed by atoms with Gasteiger partial charge < -0.3 is 28.5 Å². The third-order valence-electron chi connectivity index (χ3n) is 9.84. The summed E-state index contributed by atoms with van der Waals surface area (Å²) < 4.78 is 29.5. The Morgan fingerprint density at radius 2 is 1.62 bits per heavy atom. The van der Waals surface area contributed by atoms with Crippen LogP contribution < -0.4 is 10.4 Å². The highest BCUT2D eigenvalue weighted by molar-refractivity contribution is 5.67. The molecule has 8 unspecified atom stereocenters. The van der Waals surface area contributed by atoms with Gasteiger partial charge in [-0.05, 0) is 37.5 Å². The number of carbonyl (C=O) groups is 3. The number of ether oxygens (including phenoxy) is 4. The van der Waals surface area contributed by atoms with E-state index in [-0.39, 0.29) is 36.0 Å². The molecule has 1 aliphatic heterocycles. The van der Waals surface area contributed by atoms with Crippen molar-refractivity contribution in [3.05, 3.63) is 52.4 Å². The standard InChI is InChI=1S/C32H38O10/c1-17(33)38-16-31(5)23-15-25(40-19(3)35)32(6)28(30(23,4)13-12-24(31)39-18(2)34)27(36)26-22(42-32)14-21(41-29(26)37)20-10-8-7-9-11-20/h7-11,14,23-25,27-28,36H,12-13,15-16H2,1-6H3. The highest BCUT2D eigenvalue weighted by atomic mass is 16.6. The van der Waals surface area contributed by atoms with Crippen LogP contribution in [-0.2, 0) is 28.6 Å². The van der Waals surface area contributed by atoms with E-state index < -0.39 is 64.2 Å². The molecule has 0 amide bonds. The number of aliphatic hydroxyl groups excluding tert-OH is 1. The van der Waals surface area contributed by atoms with Gasteiger partial charge in [0.2, 0.25) is 0 Å². The second kappa shape index (κ2) is 10.6. The predicted octanol–water partition coefficient (Wildman–Crippen LogP) is 4.36. The van der Waals surface area contributed by atoms with Crippen LogP contribution >= 0.6 is 0 Å². The van der Waals surface area contributed by atoms with Crippen LogP contribution in [0.2, 0.25) is 0 Å². The van der Waals surface area contributed by atoms with Gasteiger partial charge in [-0.25, -0.2) is 4.79 Å². The molecule has 10 heteroatoms. The van der Waals surface area contributed by atoms with Gasteiger partial charge in [-0.2, -0.15) is 0 Å². The summed E-state index contributed by atoms with van der Waals surface area (Å²) in [6.07, 6.45) is -1.55. The van der Waals surface area contributed by atoms with E-state index in [1.165, 1.54) is 20.8 Å². The summed E-state index contributed by atoms with van der Waals surface area (Å²) in [4.78, 5) is 49.9. The van der Waals surface area contributed by atoms with Crippen molar-refractivity contribution in [2.24, 2.45) is 22.7 Å². The van der Waals surface area contributed by atoms with Crippen molar-refractivity contribution >= 4 is 17.9 Å². The molecule has 8 atom stereocenters. The lowest BCUT2D eigenvalue weighted by atomic mass is 9.42. The van der Waals surface area contributed by atoms with Crippen LogP contribution in [0, 0.1) is 22.7 Å². The van der Waals surface area contributed by atoms with Crippen molar-refractivity contribution in [2.75, 3.05) is 6.61 Å². The Balaban J connectivity index is 1.66. The smallest absolute Gasteiger partial charge is 0.345 e. The van der Waals surface area contributed by atoms with E-state index >= 15 is 0 Å². The number of esters is 3. The van der Waals surface area contributed by atoms with Gasteiger partial charge in [0, 0.05) is 43.7 Å². The average molecular weight is 583 g/mol. The maximum absolute atomic E-state index is 13.4. The lowest BCUT2D eigenvalue weighted by Crippen LogP contribution is -2.71. The van der Waals surface area contributed by atoms with Crippen molar-refractivity contribution < 1.29 is 42.9 Å². The van der Waals surface area contributed by atoms with Gasteiger partial charge in [-0.1, -0.05) is 44.2 Å². The third-order valence-corrected chi connectivity index (χ3v) is 9.84. The van der Waals surface area contributed by atoms with Gasteiger partial charge >= 0.3 is 23.5 Å². The average Bonchev–Trinajstić information content (AvgIpc) is 2.90. The molecule has 5 rings (SSSR count). The minimum atomic E-state index is -1.33. The number of hydrogen-bond acceptors (Lipinski definition) is 10. The second-order valence-corrected chi connectivity index (χ2v) is 12.6. The van der Waals surface area contributed by atoms with Crippen LogP contribution in [-0.4, -0.2) is 47.4 Å². The topological polar surface area (TPSA) is 139 Å². The van der Waals surface area contributed by atoms with E-state index in [0.717, 1.165) is 0 Å². The molecule has 0 spiro atoms. The quantitative estimate of drug-likeness (QED) is 0.400. The van der Waals surface area contributed by atoms with Crippen molar-refractivity contribution in [1.82, 2.24) is 0 Å². The Labute approximate surface area is 244 Å². The number of rotatable bonds is 5. The number of carbonyl (C=O) groups excluding carboxylic acids is 3. The van der Waals surface area contributed by atoms with Gasteiger partial charge in [0.25, 0.3) is 0 Å². The molecule has 42 heavy (non-hydrogen) atoms. The van der Waals surface area contributed by atoms with Crippen molar-refractivity contribution in [2.45, 2.75) is 84.7 Å². The molecule has 1 N–H and O–H groups in total. The summed E-state index contributed by atoms with van der Waals surface area (Å²) in [7, 11) is 0. The number of hydrogen-bond donors (Lipinski definition) is 1. The van der Waals surface area contributed by atoms with E-state index in [1.807, 2.05) is 32.0 Å². The van der Waals surface area contributed by atoms with Crippen molar-refractivity contribution in [3.8, 4) is 17.1 Å². The van der Waals surface area contributed by atoms with E-state index in [9.17, 15) is 24.3 Å². The molecule has 0 saturated heterocycles. The van der Waals surface area contributed by atoms with Crippen LogP contribution in [0.1, 0.15) is 72.5 Å². The molecule has 2 aliphatic carbocycles. The Kier molecular flexibility index (Phi) is 7.50. The molecule has 1 aromatic heterocycles. The van der Waals surface area contributed by atoms with Crippen LogP contribution in [0.4, 0.5) is 0 Å². The fourth-order valence-electron chi connectivity index (χ4n) is 8.13. The van der Waals surface area contributed by atoms with Crippen LogP contribution in [0.5, 0.6) is 5.75 Å². The summed E-state index contributed by atoms with van der Waals surface area (Å²) in [5.41, 5.74) is -2.90. The summed E-state index contributed by atoms with van der Waals surface area (Å²) in [5.74, 6) is -2.12. The molecule has 0 radical (unpaired) electrons. The number of benzene rings is 1. The normalized spacial score (nSPS) is 35.0.